The van der Waals surface area contributed by atoms with E-state index in [0.717, 1.165) is 17.0 Å². The predicted octanol–water partition coefficient (Wildman–Crippen LogP) is 4.08. The van der Waals surface area contributed by atoms with Crippen molar-refractivity contribution in [2.45, 2.75) is 26.5 Å². The van der Waals surface area contributed by atoms with Crippen molar-refractivity contribution in [1.29, 1.82) is 0 Å². The van der Waals surface area contributed by atoms with Gasteiger partial charge in [-0.15, -0.1) is 0 Å². The van der Waals surface area contributed by atoms with Gasteiger partial charge < -0.3 is 15.4 Å². The van der Waals surface area contributed by atoms with Gasteiger partial charge in [0.1, 0.15) is 29.4 Å². The van der Waals surface area contributed by atoms with E-state index < -0.39 is 0 Å². The third-order valence-electron chi connectivity index (χ3n) is 3.76. The minimum Gasteiger partial charge on any atom is -0.491 e. The zero-order valence-electron chi connectivity index (χ0n) is 15.6. The Hall–Kier alpha value is -3.48. The van der Waals surface area contributed by atoms with Crippen LogP contribution < -0.4 is 15.4 Å². The second-order valence-corrected chi connectivity index (χ2v) is 6.41. The van der Waals surface area contributed by atoms with Gasteiger partial charge >= 0.3 is 0 Å². The number of benzene rings is 2. The molecule has 0 saturated heterocycles. The van der Waals surface area contributed by atoms with Gasteiger partial charge in [-0.2, -0.15) is 0 Å². The van der Waals surface area contributed by atoms with E-state index >= 15 is 0 Å². The maximum Gasteiger partial charge on any atom is 0.270 e. The van der Waals surface area contributed by atoms with E-state index in [2.05, 4.69) is 20.6 Å². The van der Waals surface area contributed by atoms with E-state index in [1.54, 1.807) is 18.2 Å². The highest BCUT2D eigenvalue weighted by Gasteiger charge is 2.09. The van der Waals surface area contributed by atoms with Crippen LogP contribution >= 0.6 is 0 Å². The largest absolute Gasteiger partial charge is 0.491 e. The van der Waals surface area contributed by atoms with Crippen molar-refractivity contribution in [3.63, 3.8) is 0 Å². The van der Waals surface area contributed by atoms with Crippen LogP contribution in [-0.2, 0) is 6.54 Å². The lowest BCUT2D eigenvalue weighted by atomic mass is 10.2. The zero-order chi connectivity index (χ0) is 19.9. The molecule has 0 saturated carbocycles. The Morgan fingerprint density at radius 2 is 1.79 bits per heavy atom. The Morgan fingerprint density at radius 3 is 2.46 bits per heavy atom. The summed E-state index contributed by atoms with van der Waals surface area (Å²) in [7, 11) is 0. The van der Waals surface area contributed by atoms with Gasteiger partial charge in [0.25, 0.3) is 5.91 Å². The summed E-state index contributed by atoms with van der Waals surface area (Å²) in [5, 5.41) is 5.89. The standard InChI is InChI=1S/C21H21FN4O2/c1-14(2)28-18-9-7-17(8-10-18)26-20-11-19(24-13-25-20)21(27)23-12-15-3-5-16(22)6-4-15/h3-11,13-14H,12H2,1-2H3,(H,23,27)(H,24,25,26). The number of nitrogens with one attached hydrogen (secondary N) is 2. The molecule has 2 aromatic carbocycles. The summed E-state index contributed by atoms with van der Waals surface area (Å²) in [6, 6.07) is 15.0. The summed E-state index contributed by atoms with van der Waals surface area (Å²) in [5.41, 5.74) is 1.85. The first-order valence-corrected chi connectivity index (χ1v) is 8.88. The van der Waals surface area contributed by atoms with E-state index in [1.165, 1.54) is 18.5 Å². The van der Waals surface area contributed by atoms with Crippen molar-refractivity contribution < 1.29 is 13.9 Å². The number of ether oxygens (including phenoxy) is 1. The van der Waals surface area contributed by atoms with Crippen LogP contribution in [0.5, 0.6) is 5.75 Å². The Morgan fingerprint density at radius 1 is 1.07 bits per heavy atom. The second-order valence-electron chi connectivity index (χ2n) is 6.41. The molecule has 144 valence electrons. The summed E-state index contributed by atoms with van der Waals surface area (Å²) in [6.07, 6.45) is 1.43. The maximum absolute atomic E-state index is 12.9. The van der Waals surface area contributed by atoms with Gasteiger partial charge in [-0.1, -0.05) is 12.1 Å². The van der Waals surface area contributed by atoms with Crippen molar-refractivity contribution in [3.8, 4) is 5.75 Å². The highest BCUT2D eigenvalue weighted by atomic mass is 19.1. The number of hydrogen-bond acceptors (Lipinski definition) is 5. The van der Waals surface area contributed by atoms with Crippen molar-refractivity contribution in [3.05, 3.63) is 78.0 Å². The smallest absolute Gasteiger partial charge is 0.270 e. The number of carbonyl (C=O) groups excluding carboxylic acids is 1. The minimum absolute atomic E-state index is 0.108. The lowest BCUT2D eigenvalue weighted by molar-refractivity contribution is 0.0946. The number of anilines is 2. The molecule has 6 nitrogen and oxygen atoms in total. The molecule has 0 spiro atoms. The van der Waals surface area contributed by atoms with Crippen LogP contribution in [0.2, 0.25) is 0 Å². The number of hydrogen-bond donors (Lipinski definition) is 2. The van der Waals surface area contributed by atoms with E-state index in [1.807, 2.05) is 38.1 Å². The fourth-order valence-corrected chi connectivity index (χ4v) is 2.46. The SMILES string of the molecule is CC(C)Oc1ccc(Nc2cc(C(=O)NCc3ccc(F)cc3)ncn2)cc1. The van der Waals surface area contributed by atoms with E-state index in [9.17, 15) is 9.18 Å². The molecule has 7 heteroatoms. The van der Waals surface area contributed by atoms with Gasteiger partial charge in [0.2, 0.25) is 0 Å². The third kappa shape index (κ3) is 5.51. The summed E-state index contributed by atoms with van der Waals surface area (Å²) in [4.78, 5) is 20.5. The van der Waals surface area contributed by atoms with Gasteiger partial charge in [0.05, 0.1) is 6.10 Å². The molecule has 0 aliphatic carbocycles. The third-order valence-corrected chi connectivity index (χ3v) is 3.76. The predicted molar refractivity (Wildman–Crippen MR) is 105 cm³/mol. The monoisotopic (exact) mass is 380 g/mol. The van der Waals surface area contributed by atoms with Crippen molar-refractivity contribution in [2.24, 2.45) is 0 Å². The number of aromatic nitrogens is 2. The molecule has 0 fully saturated rings. The molecular weight excluding hydrogens is 359 g/mol. The average molecular weight is 380 g/mol. The molecule has 0 bridgehead atoms. The topological polar surface area (TPSA) is 76.1 Å². The fourth-order valence-electron chi connectivity index (χ4n) is 2.46. The minimum atomic E-state index is -0.338. The molecule has 28 heavy (non-hydrogen) atoms. The first-order valence-electron chi connectivity index (χ1n) is 8.88. The molecule has 1 heterocycles. The lowest BCUT2D eigenvalue weighted by Crippen LogP contribution is -2.24. The molecule has 3 aromatic rings. The molecule has 0 aliphatic heterocycles. The summed E-state index contributed by atoms with van der Waals surface area (Å²) >= 11 is 0. The average Bonchev–Trinajstić information content (AvgIpc) is 2.69. The van der Waals surface area contributed by atoms with Crippen molar-refractivity contribution in [1.82, 2.24) is 15.3 Å². The maximum atomic E-state index is 12.9. The van der Waals surface area contributed by atoms with Crippen LogP contribution in [0.25, 0.3) is 0 Å². The van der Waals surface area contributed by atoms with E-state index in [0.29, 0.717) is 5.82 Å². The van der Waals surface area contributed by atoms with Crippen molar-refractivity contribution in [2.75, 3.05) is 5.32 Å². The molecule has 1 aromatic heterocycles. The number of carbonyl (C=O) groups is 1. The Bertz CT molecular complexity index is 928. The molecule has 1 amide bonds. The van der Waals surface area contributed by atoms with Crippen LogP contribution in [0.3, 0.4) is 0 Å². The quantitative estimate of drug-likeness (QED) is 0.646. The second kappa shape index (κ2) is 8.94. The molecule has 0 unspecified atom stereocenters. The number of rotatable bonds is 7. The fraction of sp³-hybridized carbons (Fsp3) is 0.190. The van der Waals surface area contributed by atoms with Gasteiger partial charge in [-0.05, 0) is 55.8 Å². The van der Waals surface area contributed by atoms with Gasteiger partial charge in [-0.3, -0.25) is 4.79 Å². The number of amides is 1. The molecular formula is C21H21FN4O2. The zero-order valence-corrected chi connectivity index (χ0v) is 15.6. The molecule has 0 aliphatic rings. The molecule has 2 N–H and O–H groups in total. The lowest BCUT2D eigenvalue weighted by Gasteiger charge is -2.11. The van der Waals surface area contributed by atoms with Crippen LogP contribution in [0.15, 0.2) is 60.9 Å². The highest BCUT2D eigenvalue weighted by Crippen LogP contribution is 2.20. The number of nitrogens with zero attached hydrogens (tertiary/aromatic N) is 2. The van der Waals surface area contributed by atoms with Crippen LogP contribution in [-0.4, -0.2) is 22.0 Å². The van der Waals surface area contributed by atoms with Crippen LogP contribution in [0.1, 0.15) is 29.9 Å². The summed E-state index contributed by atoms with van der Waals surface area (Å²) in [6.45, 7) is 4.22. The van der Waals surface area contributed by atoms with Crippen LogP contribution in [0, 0.1) is 5.82 Å². The summed E-state index contributed by atoms with van der Waals surface area (Å²) in [5.74, 6) is 0.629. The van der Waals surface area contributed by atoms with Gasteiger partial charge in [0.15, 0.2) is 0 Å². The molecule has 0 radical (unpaired) electrons. The first-order chi connectivity index (χ1) is 13.5. The Balaban J connectivity index is 1.61. The molecule has 3 rings (SSSR count). The van der Waals surface area contributed by atoms with Crippen molar-refractivity contribution >= 4 is 17.4 Å². The first kappa shape index (κ1) is 19.3. The van der Waals surface area contributed by atoms with E-state index in [4.69, 9.17) is 4.74 Å². The molecule has 0 atom stereocenters. The van der Waals surface area contributed by atoms with Crippen LogP contribution in [0.4, 0.5) is 15.9 Å². The van der Waals surface area contributed by atoms with Gasteiger partial charge in [0, 0.05) is 18.3 Å². The van der Waals surface area contributed by atoms with Gasteiger partial charge in [-0.25, -0.2) is 14.4 Å². The summed E-state index contributed by atoms with van der Waals surface area (Å²) < 4.78 is 18.5. The Labute approximate surface area is 162 Å². The normalized spacial score (nSPS) is 10.6. The number of halogens is 1. The van der Waals surface area contributed by atoms with E-state index in [-0.39, 0.29) is 30.1 Å². The highest BCUT2D eigenvalue weighted by molar-refractivity contribution is 5.92. The Kier molecular flexibility index (Phi) is 6.16.